The molecule has 1 aromatic heterocycles. The van der Waals surface area contributed by atoms with Crippen LogP contribution in [-0.2, 0) is 13.0 Å². The lowest BCUT2D eigenvalue weighted by Crippen LogP contribution is -2.47. The Hall–Kier alpha value is -1.36. The first-order valence-electron chi connectivity index (χ1n) is 8.51. The smallest absolute Gasteiger partial charge is 0.272 e. The van der Waals surface area contributed by atoms with Crippen LogP contribution >= 0.6 is 0 Å². The molecule has 22 heavy (non-hydrogen) atoms. The van der Waals surface area contributed by atoms with Crippen molar-refractivity contribution in [3.63, 3.8) is 0 Å². The molecule has 4 rings (SSSR count). The zero-order valence-electron chi connectivity index (χ0n) is 13.8. The third-order valence-electron chi connectivity index (χ3n) is 7.12. The first kappa shape index (κ1) is 14.2. The third kappa shape index (κ3) is 1.75. The second kappa shape index (κ2) is 4.57. The molecule has 3 aliphatic rings. The van der Waals surface area contributed by atoms with Crippen LogP contribution < -0.4 is 10.6 Å². The van der Waals surface area contributed by atoms with Crippen molar-refractivity contribution in [2.24, 2.45) is 16.7 Å². The second-order valence-electron chi connectivity index (χ2n) is 8.09. The molecule has 2 saturated carbocycles. The van der Waals surface area contributed by atoms with Crippen molar-refractivity contribution in [1.82, 2.24) is 20.8 Å². The number of aromatic amines is 1. The minimum absolute atomic E-state index is 0.00391. The predicted molar refractivity (Wildman–Crippen MR) is 84.5 cm³/mol. The highest BCUT2D eigenvalue weighted by atomic mass is 16.2. The number of H-pyrrole nitrogens is 1. The van der Waals surface area contributed by atoms with E-state index in [1.165, 1.54) is 12.8 Å². The van der Waals surface area contributed by atoms with Gasteiger partial charge in [0.15, 0.2) is 5.69 Å². The summed E-state index contributed by atoms with van der Waals surface area (Å²) in [5.74, 6) is 0.730. The monoisotopic (exact) mass is 302 g/mol. The zero-order valence-corrected chi connectivity index (χ0v) is 13.8. The highest BCUT2D eigenvalue weighted by molar-refractivity contribution is 5.94. The summed E-state index contributed by atoms with van der Waals surface area (Å²) in [5.41, 5.74) is 3.28. The number of carbonyl (C=O) groups excluding carboxylic acids is 1. The van der Waals surface area contributed by atoms with Gasteiger partial charge in [-0.15, -0.1) is 0 Å². The lowest BCUT2D eigenvalue weighted by atomic mass is 9.69. The SMILES string of the molecule is CC1(C)C2CCC1(C)C(NC(=O)c1n[nH]c3c1CNCC3)C2. The van der Waals surface area contributed by atoms with Crippen LogP contribution in [0.15, 0.2) is 0 Å². The third-order valence-corrected chi connectivity index (χ3v) is 7.12. The van der Waals surface area contributed by atoms with E-state index in [9.17, 15) is 4.79 Å². The van der Waals surface area contributed by atoms with Crippen molar-refractivity contribution in [2.75, 3.05) is 6.54 Å². The fourth-order valence-corrected chi connectivity index (χ4v) is 5.06. The quantitative estimate of drug-likeness (QED) is 0.782. The standard InChI is InChI=1S/C17H26N4O/c1-16(2)10-4-6-17(16,3)13(8-10)19-15(22)14-11-9-18-7-5-12(11)20-21-14/h10,13,18H,4-9H2,1-3H3,(H,19,22)(H,20,21). The van der Waals surface area contributed by atoms with E-state index in [1.807, 2.05) is 0 Å². The van der Waals surface area contributed by atoms with Gasteiger partial charge in [0.1, 0.15) is 0 Å². The number of hydrogen-bond donors (Lipinski definition) is 3. The molecule has 3 unspecified atom stereocenters. The van der Waals surface area contributed by atoms with E-state index in [4.69, 9.17) is 0 Å². The van der Waals surface area contributed by atoms with Crippen LogP contribution in [0, 0.1) is 16.7 Å². The molecule has 2 aliphatic carbocycles. The topological polar surface area (TPSA) is 69.8 Å². The summed E-state index contributed by atoms with van der Waals surface area (Å²) in [7, 11) is 0. The van der Waals surface area contributed by atoms with Crippen molar-refractivity contribution >= 4 is 5.91 Å². The summed E-state index contributed by atoms with van der Waals surface area (Å²) in [6.07, 6.45) is 4.55. The summed E-state index contributed by atoms with van der Waals surface area (Å²) in [6, 6.07) is 0.276. The van der Waals surface area contributed by atoms with E-state index in [1.54, 1.807) is 0 Å². The fraction of sp³-hybridized carbons (Fsp3) is 0.765. The molecule has 3 atom stereocenters. The molecule has 5 heteroatoms. The number of fused-ring (bicyclic) bond motifs is 3. The Morgan fingerprint density at radius 2 is 2.18 bits per heavy atom. The van der Waals surface area contributed by atoms with E-state index in [-0.39, 0.29) is 17.4 Å². The summed E-state index contributed by atoms with van der Waals surface area (Å²) in [5, 5.41) is 14.0. The molecule has 1 amide bonds. The molecule has 2 bridgehead atoms. The molecule has 0 saturated heterocycles. The van der Waals surface area contributed by atoms with Crippen LogP contribution in [-0.4, -0.2) is 28.7 Å². The first-order chi connectivity index (χ1) is 10.4. The Balaban J connectivity index is 1.55. The Morgan fingerprint density at radius 1 is 1.36 bits per heavy atom. The van der Waals surface area contributed by atoms with E-state index < -0.39 is 0 Å². The Kier molecular flexibility index (Phi) is 2.96. The molecule has 0 spiro atoms. The molecule has 2 fully saturated rings. The van der Waals surface area contributed by atoms with Crippen molar-refractivity contribution in [1.29, 1.82) is 0 Å². The van der Waals surface area contributed by atoms with Gasteiger partial charge in [-0.05, 0) is 36.0 Å². The number of carbonyl (C=O) groups is 1. The molecule has 3 N–H and O–H groups in total. The minimum atomic E-state index is -0.00391. The van der Waals surface area contributed by atoms with Gasteiger partial charge < -0.3 is 10.6 Å². The Morgan fingerprint density at radius 3 is 2.86 bits per heavy atom. The molecule has 2 heterocycles. The van der Waals surface area contributed by atoms with Gasteiger partial charge in [0.2, 0.25) is 0 Å². The van der Waals surface area contributed by atoms with E-state index >= 15 is 0 Å². The number of hydrogen-bond acceptors (Lipinski definition) is 3. The Bertz CT molecular complexity index is 620. The van der Waals surface area contributed by atoms with Crippen molar-refractivity contribution in [3.8, 4) is 0 Å². The number of nitrogens with zero attached hydrogens (tertiary/aromatic N) is 1. The van der Waals surface area contributed by atoms with Gasteiger partial charge in [-0.3, -0.25) is 9.89 Å². The van der Waals surface area contributed by atoms with Gasteiger partial charge in [0, 0.05) is 36.8 Å². The van der Waals surface area contributed by atoms with Crippen LogP contribution in [0.4, 0.5) is 0 Å². The summed E-state index contributed by atoms with van der Waals surface area (Å²) < 4.78 is 0. The minimum Gasteiger partial charge on any atom is -0.347 e. The average molecular weight is 302 g/mol. The van der Waals surface area contributed by atoms with Gasteiger partial charge in [-0.1, -0.05) is 20.8 Å². The van der Waals surface area contributed by atoms with Crippen LogP contribution in [0.1, 0.15) is 61.8 Å². The lowest BCUT2D eigenvalue weighted by molar-refractivity contribution is 0.0820. The molecule has 120 valence electrons. The maximum atomic E-state index is 12.7. The molecule has 5 nitrogen and oxygen atoms in total. The van der Waals surface area contributed by atoms with E-state index in [0.29, 0.717) is 11.1 Å². The fourth-order valence-electron chi connectivity index (χ4n) is 5.06. The van der Waals surface area contributed by atoms with Crippen LogP contribution in [0.25, 0.3) is 0 Å². The number of amides is 1. The number of aromatic nitrogens is 2. The van der Waals surface area contributed by atoms with Gasteiger partial charge in [0.25, 0.3) is 5.91 Å². The maximum Gasteiger partial charge on any atom is 0.272 e. The Labute approximate surface area is 131 Å². The van der Waals surface area contributed by atoms with Crippen LogP contribution in [0.2, 0.25) is 0 Å². The predicted octanol–water partition coefficient (Wildman–Crippen LogP) is 2.00. The van der Waals surface area contributed by atoms with E-state index in [0.717, 1.165) is 43.1 Å². The van der Waals surface area contributed by atoms with Gasteiger partial charge in [-0.2, -0.15) is 5.10 Å². The molecular weight excluding hydrogens is 276 g/mol. The van der Waals surface area contributed by atoms with Gasteiger partial charge in [-0.25, -0.2) is 0 Å². The van der Waals surface area contributed by atoms with Gasteiger partial charge in [0.05, 0.1) is 0 Å². The first-order valence-corrected chi connectivity index (χ1v) is 8.51. The van der Waals surface area contributed by atoms with Crippen LogP contribution in [0.3, 0.4) is 0 Å². The largest absolute Gasteiger partial charge is 0.347 e. The second-order valence-corrected chi connectivity index (χ2v) is 8.09. The summed E-state index contributed by atoms with van der Waals surface area (Å²) in [4.78, 5) is 12.7. The summed E-state index contributed by atoms with van der Waals surface area (Å²) >= 11 is 0. The number of nitrogens with one attached hydrogen (secondary N) is 3. The average Bonchev–Trinajstić information content (AvgIpc) is 3.06. The van der Waals surface area contributed by atoms with Crippen LogP contribution in [0.5, 0.6) is 0 Å². The van der Waals surface area contributed by atoms with E-state index in [2.05, 4.69) is 41.6 Å². The molecular formula is C17H26N4O. The molecule has 1 aliphatic heterocycles. The zero-order chi connectivity index (χ0) is 15.5. The van der Waals surface area contributed by atoms with Crippen molar-refractivity contribution in [2.45, 2.75) is 59.0 Å². The van der Waals surface area contributed by atoms with Gasteiger partial charge >= 0.3 is 0 Å². The number of rotatable bonds is 2. The van der Waals surface area contributed by atoms with Crippen molar-refractivity contribution in [3.05, 3.63) is 17.0 Å². The highest BCUT2D eigenvalue weighted by Crippen LogP contribution is 2.65. The summed E-state index contributed by atoms with van der Waals surface area (Å²) in [6.45, 7) is 8.79. The molecule has 0 aromatic carbocycles. The van der Waals surface area contributed by atoms with Crippen molar-refractivity contribution < 1.29 is 4.79 Å². The highest BCUT2D eigenvalue weighted by Gasteiger charge is 2.61. The lowest BCUT2D eigenvalue weighted by Gasteiger charge is -2.39. The molecule has 0 radical (unpaired) electrons. The molecule has 1 aromatic rings. The maximum absolute atomic E-state index is 12.7. The normalized spacial score (nSPS) is 35.4.